The Hall–Kier alpha value is 0.660. The van der Waals surface area contributed by atoms with Gasteiger partial charge in [-0.15, -0.1) is 0 Å². The van der Waals surface area contributed by atoms with Gasteiger partial charge in [0.1, 0.15) is 0 Å². The number of benzene rings is 1. The molecule has 0 saturated carbocycles. The van der Waals surface area contributed by atoms with E-state index in [-0.39, 0.29) is 0 Å². The lowest BCUT2D eigenvalue weighted by Crippen LogP contribution is -1.78. The van der Waals surface area contributed by atoms with E-state index in [2.05, 4.69) is 53.9 Å². The number of rotatable bonds is 1. The highest BCUT2D eigenvalue weighted by molar-refractivity contribution is 9.11. The molecule has 3 heteroatoms. The molecule has 0 aliphatic rings. The van der Waals surface area contributed by atoms with Crippen molar-refractivity contribution in [1.29, 1.82) is 0 Å². The van der Waals surface area contributed by atoms with E-state index in [0.717, 1.165) is 14.3 Å². The molecule has 0 bridgehead atoms. The van der Waals surface area contributed by atoms with Crippen molar-refractivity contribution in [2.45, 2.75) is 5.33 Å². The van der Waals surface area contributed by atoms with Gasteiger partial charge in [0.05, 0.1) is 0 Å². The van der Waals surface area contributed by atoms with E-state index >= 15 is 0 Å². The van der Waals surface area contributed by atoms with Crippen LogP contribution in [-0.2, 0) is 5.33 Å². The Bertz CT molecular complexity index is 232. The summed E-state index contributed by atoms with van der Waals surface area (Å²) in [6, 6.07) is 6.14. The van der Waals surface area contributed by atoms with Crippen molar-refractivity contribution in [3.8, 4) is 0 Å². The number of halogens is 3. The molecule has 10 heavy (non-hydrogen) atoms. The molecule has 1 rings (SSSR count). The largest absolute Gasteiger partial charge is 0.0876 e. The average molecular weight is 329 g/mol. The first kappa shape index (κ1) is 8.75. The standard InChI is InChI=1S/C7H5Br3/c8-4-5-1-2-6(9)3-7(5)10/h1-3H,4H2. The molecule has 0 radical (unpaired) electrons. The van der Waals surface area contributed by atoms with Gasteiger partial charge in [-0.05, 0) is 17.7 Å². The molecule has 1 aromatic carbocycles. The van der Waals surface area contributed by atoms with Gasteiger partial charge in [0.15, 0.2) is 0 Å². The van der Waals surface area contributed by atoms with Gasteiger partial charge >= 0.3 is 0 Å². The van der Waals surface area contributed by atoms with E-state index in [1.807, 2.05) is 12.1 Å². The van der Waals surface area contributed by atoms with Crippen LogP contribution in [0.4, 0.5) is 0 Å². The Morgan fingerprint density at radius 3 is 2.40 bits per heavy atom. The Kier molecular flexibility index (Phi) is 3.40. The molecule has 0 N–H and O–H groups in total. The topological polar surface area (TPSA) is 0 Å². The van der Waals surface area contributed by atoms with Gasteiger partial charge in [-0.2, -0.15) is 0 Å². The van der Waals surface area contributed by atoms with Crippen molar-refractivity contribution in [3.63, 3.8) is 0 Å². The first-order valence-corrected chi connectivity index (χ1v) is 5.44. The van der Waals surface area contributed by atoms with Crippen LogP contribution in [0, 0.1) is 0 Å². The zero-order chi connectivity index (χ0) is 7.56. The fraction of sp³-hybridized carbons (Fsp3) is 0.143. The number of alkyl halides is 1. The first-order chi connectivity index (χ1) is 4.74. The van der Waals surface area contributed by atoms with Crippen molar-refractivity contribution >= 4 is 47.8 Å². The van der Waals surface area contributed by atoms with E-state index < -0.39 is 0 Å². The Morgan fingerprint density at radius 2 is 1.90 bits per heavy atom. The summed E-state index contributed by atoms with van der Waals surface area (Å²) < 4.78 is 2.24. The molecule has 0 atom stereocenters. The van der Waals surface area contributed by atoms with Crippen molar-refractivity contribution in [2.75, 3.05) is 0 Å². The highest BCUT2D eigenvalue weighted by Gasteiger charge is 1.96. The van der Waals surface area contributed by atoms with E-state index in [9.17, 15) is 0 Å². The molecule has 0 fully saturated rings. The monoisotopic (exact) mass is 326 g/mol. The van der Waals surface area contributed by atoms with Gasteiger partial charge in [-0.1, -0.05) is 53.9 Å². The van der Waals surface area contributed by atoms with Crippen LogP contribution < -0.4 is 0 Å². The fourth-order valence-corrected chi connectivity index (χ4v) is 2.68. The van der Waals surface area contributed by atoms with Crippen molar-refractivity contribution in [3.05, 3.63) is 32.7 Å². The van der Waals surface area contributed by atoms with Crippen molar-refractivity contribution in [2.24, 2.45) is 0 Å². The molecule has 0 heterocycles. The molecular formula is C7H5Br3. The van der Waals surface area contributed by atoms with E-state index in [0.29, 0.717) is 0 Å². The van der Waals surface area contributed by atoms with Crippen LogP contribution in [-0.4, -0.2) is 0 Å². The highest BCUT2D eigenvalue weighted by atomic mass is 79.9. The maximum absolute atomic E-state index is 3.45. The summed E-state index contributed by atoms with van der Waals surface area (Å²) >= 11 is 10.2. The third-order valence-corrected chi connectivity index (χ3v) is 2.99. The van der Waals surface area contributed by atoms with Crippen LogP contribution >= 0.6 is 47.8 Å². The lowest BCUT2D eigenvalue weighted by atomic mass is 10.2. The van der Waals surface area contributed by atoms with Crippen LogP contribution in [0.3, 0.4) is 0 Å². The third-order valence-electron chi connectivity index (χ3n) is 1.16. The molecule has 0 aliphatic carbocycles. The van der Waals surface area contributed by atoms with Crippen molar-refractivity contribution in [1.82, 2.24) is 0 Å². The average Bonchev–Trinajstić information content (AvgIpc) is 1.88. The lowest BCUT2D eigenvalue weighted by molar-refractivity contribution is 1.39. The van der Waals surface area contributed by atoms with Gasteiger partial charge in [-0.25, -0.2) is 0 Å². The lowest BCUT2D eigenvalue weighted by Gasteiger charge is -1.98. The summed E-state index contributed by atoms with van der Waals surface area (Å²) in [5.41, 5.74) is 1.27. The molecule has 0 amide bonds. The SMILES string of the molecule is BrCc1ccc(Br)cc1Br. The second-order valence-corrected chi connectivity index (χ2v) is 4.20. The summed E-state index contributed by atoms with van der Waals surface area (Å²) in [6.07, 6.45) is 0. The van der Waals surface area contributed by atoms with Crippen LogP contribution in [0.1, 0.15) is 5.56 Å². The van der Waals surface area contributed by atoms with Crippen LogP contribution in [0.2, 0.25) is 0 Å². The zero-order valence-corrected chi connectivity index (χ0v) is 9.83. The van der Waals surface area contributed by atoms with Gasteiger partial charge in [0.25, 0.3) is 0 Å². The minimum atomic E-state index is 0.890. The van der Waals surface area contributed by atoms with E-state index in [1.165, 1.54) is 5.56 Å². The molecular weight excluding hydrogens is 324 g/mol. The number of hydrogen-bond acceptors (Lipinski definition) is 0. The molecule has 1 aromatic rings. The molecule has 0 saturated heterocycles. The normalized spacial score (nSPS) is 9.90. The molecule has 54 valence electrons. The minimum absolute atomic E-state index is 0.890. The fourth-order valence-electron chi connectivity index (χ4n) is 0.630. The first-order valence-electron chi connectivity index (χ1n) is 2.74. The minimum Gasteiger partial charge on any atom is -0.0876 e. The summed E-state index contributed by atoms with van der Waals surface area (Å²) in [5.74, 6) is 0. The van der Waals surface area contributed by atoms with Gasteiger partial charge in [-0.3, -0.25) is 0 Å². The zero-order valence-electron chi connectivity index (χ0n) is 5.07. The van der Waals surface area contributed by atoms with Crippen LogP contribution in [0.25, 0.3) is 0 Å². The van der Waals surface area contributed by atoms with Crippen LogP contribution in [0.5, 0.6) is 0 Å². The van der Waals surface area contributed by atoms with Crippen LogP contribution in [0.15, 0.2) is 27.1 Å². The second kappa shape index (κ2) is 3.88. The van der Waals surface area contributed by atoms with Gasteiger partial charge < -0.3 is 0 Å². The van der Waals surface area contributed by atoms with E-state index in [4.69, 9.17) is 0 Å². The maximum Gasteiger partial charge on any atom is 0.0294 e. The molecule has 0 unspecified atom stereocenters. The van der Waals surface area contributed by atoms with Crippen molar-refractivity contribution < 1.29 is 0 Å². The van der Waals surface area contributed by atoms with E-state index in [1.54, 1.807) is 0 Å². The second-order valence-electron chi connectivity index (χ2n) is 1.87. The predicted molar refractivity (Wildman–Crippen MR) is 54.5 cm³/mol. The summed E-state index contributed by atoms with van der Waals surface area (Å²) in [6.45, 7) is 0. The Labute approximate surface area is 85.4 Å². The smallest absolute Gasteiger partial charge is 0.0294 e. The van der Waals surface area contributed by atoms with Gasteiger partial charge in [0, 0.05) is 14.3 Å². The Morgan fingerprint density at radius 1 is 1.20 bits per heavy atom. The summed E-state index contributed by atoms with van der Waals surface area (Å²) in [5, 5.41) is 0.890. The van der Waals surface area contributed by atoms with Gasteiger partial charge in [0.2, 0.25) is 0 Å². The Balaban J connectivity index is 3.07. The molecule has 0 aromatic heterocycles. The summed E-state index contributed by atoms with van der Waals surface area (Å²) in [4.78, 5) is 0. The molecule has 0 aliphatic heterocycles. The molecule has 0 nitrogen and oxygen atoms in total. The molecule has 0 spiro atoms. The highest BCUT2D eigenvalue weighted by Crippen LogP contribution is 2.23. The predicted octanol–water partition coefficient (Wildman–Crippen LogP) is 4.11. The quantitative estimate of drug-likeness (QED) is 0.681. The third kappa shape index (κ3) is 2.07. The number of hydrogen-bond donors (Lipinski definition) is 0. The summed E-state index contributed by atoms with van der Waals surface area (Å²) in [7, 11) is 0. The maximum atomic E-state index is 3.45.